The van der Waals surface area contributed by atoms with Gasteiger partial charge in [-0.15, -0.1) is 0 Å². The zero-order valence-electron chi connectivity index (χ0n) is 9.17. The van der Waals surface area contributed by atoms with Crippen LogP contribution in [0.5, 0.6) is 0 Å². The van der Waals surface area contributed by atoms with Crippen LogP contribution in [-0.4, -0.2) is 19.3 Å². The van der Waals surface area contributed by atoms with E-state index in [-0.39, 0.29) is 12.1 Å². The van der Waals surface area contributed by atoms with Gasteiger partial charge in [-0.05, 0) is 25.0 Å². The lowest BCUT2D eigenvalue weighted by atomic mass is 9.89. The van der Waals surface area contributed by atoms with Crippen LogP contribution in [0.4, 0.5) is 8.78 Å². The van der Waals surface area contributed by atoms with E-state index in [1.807, 2.05) is 0 Å². The third-order valence-electron chi connectivity index (χ3n) is 3.06. The predicted octanol–water partition coefficient (Wildman–Crippen LogP) is 2.23. The molecule has 0 spiro atoms. The fraction of sp³-hybridized carbons (Fsp3) is 0.500. The second kappa shape index (κ2) is 4.89. The van der Waals surface area contributed by atoms with Crippen LogP contribution in [0.1, 0.15) is 18.4 Å². The standard InChI is InChI=1S/C12H15F2NO/c1-16-9-5-8(6-9)15-7-10-11(13)3-2-4-12(10)14/h2-4,8-9,15H,5-7H2,1H3. The van der Waals surface area contributed by atoms with Crippen LogP contribution in [0.3, 0.4) is 0 Å². The SMILES string of the molecule is COC1CC(NCc2c(F)cccc2F)C1. The quantitative estimate of drug-likeness (QED) is 0.851. The molecule has 2 nitrogen and oxygen atoms in total. The first-order chi connectivity index (χ1) is 7.70. The summed E-state index contributed by atoms with van der Waals surface area (Å²) < 4.78 is 31.6. The highest BCUT2D eigenvalue weighted by atomic mass is 19.1. The van der Waals surface area contributed by atoms with Crippen LogP contribution < -0.4 is 5.32 Å². The molecule has 0 unspecified atom stereocenters. The van der Waals surface area contributed by atoms with Crippen molar-refractivity contribution in [3.8, 4) is 0 Å². The Labute approximate surface area is 93.6 Å². The maximum Gasteiger partial charge on any atom is 0.130 e. The smallest absolute Gasteiger partial charge is 0.130 e. The zero-order valence-corrected chi connectivity index (χ0v) is 9.17. The molecule has 0 heterocycles. The number of ether oxygens (including phenoxy) is 1. The van der Waals surface area contributed by atoms with E-state index in [0.29, 0.717) is 12.1 Å². The number of hydrogen-bond acceptors (Lipinski definition) is 2. The normalized spacial score (nSPS) is 24.2. The molecule has 2 rings (SSSR count). The van der Waals surface area contributed by atoms with Gasteiger partial charge >= 0.3 is 0 Å². The van der Waals surface area contributed by atoms with Crippen molar-refractivity contribution < 1.29 is 13.5 Å². The van der Waals surface area contributed by atoms with Gasteiger partial charge in [0.1, 0.15) is 11.6 Å². The van der Waals surface area contributed by atoms with E-state index < -0.39 is 11.6 Å². The topological polar surface area (TPSA) is 21.3 Å². The second-order valence-corrected chi connectivity index (χ2v) is 4.11. The Morgan fingerprint density at radius 1 is 1.31 bits per heavy atom. The van der Waals surface area contributed by atoms with Gasteiger partial charge in [0, 0.05) is 25.3 Å². The number of halogens is 2. The number of hydrogen-bond donors (Lipinski definition) is 1. The molecular formula is C12H15F2NO. The average Bonchev–Trinajstić information content (AvgIpc) is 2.19. The Morgan fingerprint density at radius 3 is 2.50 bits per heavy atom. The molecule has 0 aromatic heterocycles. The monoisotopic (exact) mass is 227 g/mol. The third kappa shape index (κ3) is 2.39. The molecule has 16 heavy (non-hydrogen) atoms. The molecule has 1 aromatic carbocycles. The van der Waals surface area contributed by atoms with Crippen molar-refractivity contribution in [3.63, 3.8) is 0 Å². The average molecular weight is 227 g/mol. The number of benzene rings is 1. The van der Waals surface area contributed by atoms with Gasteiger partial charge in [0.15, 0.2) is 0 Å². The Balaban J connectivity index is 1.86. The van der Waals surface area contributed by atoms with Gasteiger partial charge in [0.25, 0.3) is 0 Å². The van der Waals surface area contributed by atoms with Crippen LogP contribution in [-0.2, 0) is 11.3 Å². The highest BCUT2D eigenvalue weighted by Crippen LogP contribution is 2.23. The minimum atomic E-state index is -0.491. The number of rotatable bonds is 4. The van der Waals surface area contributed by atoms with Gasteiger partial charge in [-0.2, -0.15) is 0 Å². The van der Waals surface area contributed by atoms with Crippen LogP contribution >= 0.6 is 0 Å². The van der Waals surface area contributed by atoms with Crippen molar-refractivity contribution in [2.45, 2.75) is 31.5 Å². The summed E-state index contributed by atoms with van der Waals surface area (Å²) in [5, 5.41) is 3.12. The lowest BCUT2D eigenvalue weighted by Gasteiger charge is -2.34. The first-order valence-corrected chi connectivity index (χ1v) is 5.39. The molecule has 0 aliphatic heterocycles. The maximum atomic E-state index is 13.3. The van der Waals surface area contributed by atoms with Gasteiger partial charge < -0.3 is 10.1 Å². The second-order valence-electron chi connectivity index (χ2n) is 4.11. The first kappa shape index (κ1) is 11.5. The molecule has 0 atom stereocenters. The summed E-state index contributed by atoms with van der Waals surface area (Å²) in [7, 11) is 1.68. The van der Waals surface area contributed by atoms with E-state index in [1.54, 1.807) is 7.11 Å². The van der Waals surface area contributed by atoms with E-state index in [4.69, 9.17) is 4.74 Å². The molecule has 1 aliphatic carbocycles. The van der Waals surface area contributed by atoms with Gasteiger partial charge in [-0.1, -0.05) is 6.07 Å². The van der Waals surface area contributed by atoms with Crippen molar-refractivity contribution in [2.24, 2.45) is 0 Å². The van der Waals surface area contributed by atoms with Gasteiger partial charge in [0.2, 0.25) is 0 Å². The lowest BCUT2D eigenvalue weighted by Crippen LogP contribution is -2.44. The Kier molecular flexibility index (Phi) is 3.51. The molecule has 1 fully saturated rings. The minimum absolute atomic E-state index is 0.114. The van der Waals surface area contributed by atoms with Crippen LogP contribution in [0, 0.1) is 11.6 Å². The molecule has 0 radical (unpaired) electrons. The van der Waals surface area contributed by atoms with Crippen molar-refractivity contribution in [1.82, 2.24) is 5.32 Å². The van der Waals surface area contributed by atoms with Gasteiger partial charge in [-0.25, -0.2) is 8.78 Å². The molecule has 4 heteroatoms. The summed E-state index contributed by atoms with van der Waals surface area (Å²) in [6.07, 6.45) is 2.11. The third-order valence-corrected chi connectivity index (χ3v) is 3.06. The van der Waals surface area contributed by atoms with E-state index in [2.05, 4.69) is 5.32 Å². The summed E-state index contributed by atoms with van der Waals surface area (Å²) in [4.78, 5) is 0. The summed E-state index contributed by atoms with van der Waals surface area (Å²) >= 11 is 0. The van der Waals surface area contributed by atoms with Crippen LogP contribution in [0.15, 0.2) is 18.2 Å². The van der Waals surface area contributed by atoms with Gasteiger partial charge in [0.05, 0.1) is 6.10 Å². The molecule has 88 valence electrons. The Bertz CT molecular complexity index is 344. The minimum Gasteiger partial charge on any atom is -0.381 e. The molecule has 0 bridgehead atoms. The molecule has 1 aliphatic rings. The highest BCUT2D eigenvalue weighted by Gasteiger charge is 2.28. The molecule has 1 N–H and O–H groups in total. The fourth-order valence-electron chi connectivity index (χ4n) is 1.87. The molecule has 1 aromatic rings. The van der Waals surface area contributed by atoms with Crippen molar-refractivity contribution in [2.75, 3.05) is 7.11 Å². The molecule has 1 saturated carbocycles. The molecule has 0 amide bonds. The molecule has 0 saturated heterocycles. The van der Waals surface area contributed by atoms with E-state index in [9.17, 15) is 8.78 Å². The van der Waals surface area contributed by atoms with E-state index in [1.165, 1.54) is 18.2 Å². The largest absolute Gasteiger partial charge is 0.381 e. The zero-order chi connectivity index (χ0) is 11.5. The maximum absolute atomic E-state index is 13.3. The summed E-state index contributed by atoms with van der Waals surface area (Å²) in [6.45, 7) is 0.236. The predicted molar refractivity (Wildman–Crippen MR) is 57.0 cm³/mol. The van der Waals surface area contributed by atoms with Crippen molar-refractivity contribution >= 4 is 0 Å². The summed E-state index contributed by atoms with van der Waals surface area (Å²) in [6, 6.07) is 4.24. The highest BCUT2D eigenvalue weighted by molar-refractivity contribution is 5.19. The van der Waals surface area contributed by atoms with E-state index in [0.717, 1.165) is 12.8 Å². The van der Waals surface area contributed by atoms with Crippen LogP contribution in [0.2, 0.25) is 0 Å². The fourth-order valence-corrected chi connectivity index (χ4v) is 1.87. The molecular weight excluding hydrogens is 212 g/mol. The first-order valence-electron chi connectivity index (χ1n) is 5.39. The van der Waals surface area contributed by atoms with Gasteiger partial charge in [-0.3, -0.25) is 0 Å². The lowest BCUT2D eigenvalue weighted by molar-refractivity contribution is 0.0168. The summed E-state index contributed by atoms with van der Waals surface area (Å²) in [5.41, 5.74) is 0.114. The van der Waals surface area contributed by atoms with Crippen LogP contribution in [0.25, 0.3) is 0 Å². The summed E-state index contributed by atoms with van der Waals surface area (Å²) in [5.74, 6) is -0.981. The number of methoxy groups -OCH3 is 1. The van der Waals surface area contributed by atoms with Crippen molar-refractivity contribution in [1.29, 1.82) is 0 Å². The van der Waals surface area contributed by atoms with Crippen molar-refractivity contribution in [3.05, 3.63) is 35.4 Å². The Hall–Kier alpha value is -1.00. The van der Waals surface area contributed by atoms with E-state index >= 15 is 0 Å². The number of nitrogens with one attached hydrogen (secondary N) is 1. The Morgan fingerprint density at radius 2 is 1.94 bits per heavy atom.